The van der Waals surface area contributed by atoms with Crippen molar-refractivity contribution in [3.63, 3.8) is 0 Å². The molecule has 0 aliphatic rings. The number of furan rings is 1. The van der Waals surface area contributed by atoms with Gasteiger partial charge in [0.2, 0.25) is 0 Å². The second-order valence-corrected chi connectivity index (χ2v) is 7.42. The van der Waals surface area contributed by atoms with Gasteiger partial charge < -0.3 is 10.2 Å². The van der Waals surface area contributed by atoms with Crippen LogP contribution in [0.25, 0.3) is 5.57 Å². The first kappa shape index (κ1) is 24.6. The van der Waals surface area contributed by atoms with Crippen LogP contribution >= 0.6 is 0 Å². The van der Waals surface area contributed by atoms with Gasteiger partial charge in [-0.25, -0.2) is 4.79 Å². The highest BCUT2D eigenvalue weighted by Crippen LogP contribution is 2.34. The number of carbonyl (C=O) groups excluding carboxylic acids is 1. The monoisotopic (exact) mass is 476 g/mol. The number of allylic oxidation sites excluding steroid dienone is 1. The number of hydrogen-bond acceptors (Lipinski definition) is 5. The minimum Gasteiger partial charge on any atom is -0.467 e. The van der Waals surface area contributed by atoms with E-state index in [1.165, 1.54) is 42.7 Å². The van der Waals surface area contributed by atoms with Gasteiger partial charge in [-0.05, 0) is 24.1 Å². The van der Waals surface area contributed by atoms with Crippen LogP contribution in [0.2, 0.25) is 0 Å². The number of anilines is 2. The van der Waals surface area contributed by atoms with Crippen LogP contribution in [0.3, 0.4) is 0 Å². The van der Waals surface area contributed by atoms with E-state index in [1.54, 1.807) is 6.07 Å². The maximum absolute atomic E-state index is 13.8. The van der Waals surface area contributed by atoms with Crippen LogP contribution in [-0.4, -0.2) is 21.6 Å². The number of aromatic amines is 1. The number of aromatic nitrogens is 2. The predicted octanol–water partition coefficient (Wildman–Crippen LogP) is 3.69. The van der Waals surface area contributed by atoms with Crippen LogP contribution in [0.15, 0.2) is 68.8 Å². The third-order valence-corrected chi connectivity index (χ3v) is 5.04. The van der Waals surface area contributed by atoms with Gasteiger partial charge in [0.15, 0.2) is 5.69 Å². The van der Waals surface area contributed by atoms with Crippen LogP contribution < -0.4 is 21.9 Å². The molecule has 180 valence electrons. The summed E-state index contributed by atoms with van der Waals surface area (Å²) in [4.78, 5) is 41.1. The van der Waals surface area contributed by atoms with E-state index < -0.39 is 34.6 Å². The number of nitrogens with one attached hydrogen (secondary N) is 1. The number of nitrogen functional groups attached to an aromatic ring is 1. The average molecular weight is 476 g/mol. The molecule has 0 atom stereocenters. The Morgan fingerprint density at radius 3 is 2.47 bits per heavy atom. The van der Waals surface area contributed by atoms with Crippen molar-refractivity contribution in [1.82, 2.24) is 9.55 Å². The molecule has 0 saturated carbocycles. The molecule has 0 radical (unpaired) electrons. The van der Waals surface area contributed by atoms with Gasteiger partial charge in [0.25, 0.3) is 11.5 Å². The highest BCUT2D eigenvalue weighted by atomic mass is 19.4. The quantitative estimate of drug-likeness (QED) is 0.482. The molecule has 0 saturated heterocycles. The summed E-state index contributed by atoms with van der Waals surface area (Å²) in [5.74, 6) is -1.30. The molecule has 1 amide bonds. The molecular formula is C23H23F3N4O4. The van der Waals surface area contributed by atoms with Gasteiger partial charge in [0.1, 0.15) is 11.6 Å². The van der Waals surface area contributed by atoms with E-state index in [-0.39, 0.29) is 30.2 Å². The Morgan fingerprint density at radius 1 is 1.18 bits per heavy atom. The van der Waals surface area contributed by atoms with Crippen LogP contribution in [0.1, 0.15) is 31.1 Å². The van der Waals surface area contributed by atoms with Crippen molar-refractivity contribution >= 4 is 23.0 Å². The number of amides is 1. The summed E-state index contributed by atoms with van der Waals surface area (Å²) in [6.07, 6.45) is -1.88. The van der Waals surface area contributed by atoms with Crippen LogP contribution in [0.5, 0.6) is 0 Å². The lowest BCUT2D eigenvalue weighted by molar-refractivity contribution is -0.114. The molecule has 0 unspecified atom stereocenters. The number of hydrogen-bond donors (Lipinski definition) is 2. The first-order valence-corrected chi connectivity index (χ1v) is 10.4. The number of rotatable bonds is 8. The van der Waals surface area contributed by atoms with Crippen LogP contribution in [0, 0.1) is 0 Å². The van der Waals surface area contributed by atoms with Crippen molar-refractivity contribution in [1.29, 1.82) is 0 Å². The maximum atomic E-state index is 13.8. The molecule has 2 heterocycles. The smallest absolute Gasteiger partial charge is 0.417 e. The Balaban J connectivity index is 2.18. The van der Waals surface area contributed by atoms with Gasteiger partial charge in [-0.1, -0.05) is 43.7 Å². The van der Waals surface area contributed by atoms with E-state index in [0.717, 1.165) is 9.47 Å². The predicted molar refractivity (Wildman–Crippen MR) is 121 cm³/mol. The van der Waals surface area contributed by atoms with Crippen molar-refractivity contribution < 1.29 is 22.4 Å². The molecule has 3 rings (SSSR count). The summed E-state index contributed by atoms with van der Waals surface area (Å²) in [6.45, 7) is 1.65. The number of halogens is 3. The Bertz CT molecular complexity index is 1280. The summed E-state index contributed by atoms with van der Waals surface area (Å²) < 4.78 is 47.8. The van der Waals surface area contributed by atoms with Gasteiger partial charge in [-0.3, -0.25) is 24.0 Å². The Labute approximate surface area is 192 Å². The summed E-state index contributed by atoms with van der Waals surface area (Å²) >= 11 is 0. The Kier molecular flexibility index (Phi) is 7.44. The molecule has 1 aromatic carbocycles. The SMILES string of the molecule is CCCCn1c(N)c(N(Cc2ccco2)C(=O)/C=C(/c2ccccc2)C(F)(F)F)c(=O)[nH]c1=O. The largest absolute Gasteiger partial charge is 0.467 e. The Morgan fingerprint density at radius 2 is 1.88 bits per heavy atom. The van der Waals surface area contributed by atoms with Gasteiger partial charge >= 0.3 is 11.9 Å². The molecule has 34 heavy (non-hydrogen) atoms. The highest BCUT2D eigenvalue weighted by molar-refractivity contribution is 6.07. The average Bonchev–Trinajstić information content (AvgIpc) is 3.29. The summed E-state index contributed by atoms with van der Waals surface area (Å²) in [7, 11) is 0. The summed E-state index contributed by atoms with van der Waals surface area (Å²) in [6, 6.07) is 9.81. The summed E-state index contributed by atoms with van der Waals surface area (Å²) in [5.41, 5.74) is 2.45. The first-order valence-electron chi connectivity index (χ1n) is 10.4. The molecule has 3 aromatic rings. The molecule has 0 bridgehead atoms. The molecule has 0 aliphatic heterocycles. The standard InChI is InChI=1S/C23H23F3N4O4/c1-2-3-11-29-20(27)19(21(32)28-22(29)33)30(14-16-10-7-12-34-16)18(31)13-17(23(24,25)26)15-8-5-4-6-9-15/h4-10,12-13H,2-3,11,14,27H2,1H3,(H,28,32,33)/b17-13-. The zero-order chi connectivity index (χ0) is 24.9. The normalized spacial score (nSPS) is 12.1. The van der Waals surface area contributed by atoms with Gasteiger partial charge in [-0.15, -0.1) is 0 Å². The topological polar surface area (TPSA) is 114 Å². The maximum Gasteiger partial charge on any atom is 0.417 e. The molecule has 8 nitrogen and oxygen atoms in total. The zero-order valence-electron chi connectivity index (χ0n) is 18.3. The summed E-state index contributed by atoms with van der Waals surface area (Å²) in [5, 5.41) is 0. The van der Waals surface area contributed by atoms with Crippen molar-refractivity contribution in [2.75, 3.05) is 10.6 Å². The number of carbonyl (C=O) groups is 1. The molecule has 2 aromatic heterocycles. The number of nitrogens with two attached hydrogens (primary N) is 1. The second-order valence-electron chi connectivity index (χ2n) is 7.42. The van der Waals surface area contributed by atoms with E-state index in [1.807, 2.05) is 6.92 Å². The third-order valence-electron chi connectivity index (χ3n) is 5.04. The van der Waals surface area contributed by atoms with Crippen molar-refractivity contribution in [3.8, 4) is 0 Å². The van der Waals surface area contributed by atoms with Crippen molar-refractivity contribution in [2.24, 2.45) is 0 Å². The molecule has 0 aliphatic carbocycles. The number of nitrogens with zero attached hydrogens (tertiary/aromatic N) is 2. The third kappa shape index (κ3) is 5.48. The lowest BCUT2D eigenvalue weighted by Crippen LogP contribution is -2.40. The van der Waals surface area contributed by atoms with Gasteiger partial charge in [0.05, 0.1) is 18.4 Å². The van der Waals surface area contributed by atoms with E-state index in [9.17, 15) is 27.6 Å². The van der Waals surface area contributed by atoms with E-state index >= 15 is 0 Å². The fraction of sp³-hybridized carbons (Fsp3) is 0.261. The van der Waals surface area contributed by atoms with Crippen LogP contribution in [0.4, 0.5) is 24.7 Å². The second kappa shape index (κ2) is 10.3. The highest BCUT2D eigenvalue weighted by Gasteiger charge is 2.36. The van der Waals surface area contributed by atoms with Crippen molar-refractivity contribution in [2.45, 2.75) is 39.0 Å². The molecule has 0 fully saturated rings. The lowest BCUT2D eigenvalue weighted by atomic mass is 10.0. The fourth-order valence-corrected chi connectivity index (χ4v) is 3.35. The molecule has 3 N–H and O–H groups in total. The number of benzene rings is 1. The minimum absolute atomic E-state index is 0.154. The van der Waals surface area contributed by atoms with E-state index in [0.29, 0.717) is 18.9 Å². The first-order chi connectivity index (χ1) is 16.1. The molecule has 11 heteroatoms. The minimum atomic E-state index is -4.86. The molecular weight excluding hydrogens is 453 g/mol. The fourth-order valence-electron chi connectivity index (χ4n) is 3.35. The Hall–Kier alpha value is -4.02. The lowest BCUT2D eigenvalue weighted by Gasteiger charge is -2.23. The molecule has 0 spiro atoms. The van der Waals surface area contributed by atoms with Crippen molar-refractivity contribution in [3.05, 3.63) is 87.0 Å². The zero-order valence-corrected chi connectivity index (χ0v) is 18.3. The van der Waals surface area contributed by atoms with Gasteiger partial charge in [0, 0.05) is 12.6 Å². The van der Waals surface area contributed by atoms with Crippen LogP contribution in [-0.2, 0) is 17.9 Å². The number of alkyl halides is 3. The van der Waals surface area contributed by atoms with E-state index in [2.05, 4.69) is 4.98 Å². The van der Waals surface area contributed by atoms with E-state index in [4.69, 9.17) is 10.2 Å². The number of unbranched alkanes of at least 4 members (excludes halogenated alkanes) is 1. The van der Waals surface area contributed by atoms with Gasteiger partial charge in [-0.2, -0.15) is 13.2 Å². The number of H-pyrrole nitrogens is 1.